The molecule has 2 rings (SSSR count). The summed E-state index contributed by atoms with van der Waals surface area (Å²) >= 11 is 0. The number of aliphatic imine (C=N–C) groups is 1. The molecular weight excluding hydrogens is 230 g/mol. The van der Waals surface area contributed by atoms with Gasteiger partial charge in [-0.3, -0.25) is 0 Å². The van der Waals surface area contributed by atoms with Gasteiger partial charge < -0.3 is 15.7 Å². The molecular formula is C12H15N5O. The first-order valence-corrected chi connectivity index (χ1v) is 5.49. The van der Waals surface area contributed by atoms with Crippen LogP contribution in [-0.2, 0) is 0 Å². The second kappa shape index (κ2) is 4.97. The van der Waals surface area contributed by atoms with Crippen LogP contribution in [0.25, 0.3) is 0 Å². The summed E-state index contributed by atoms with van der Waals surface area (Å²) < 4.78 is 0. The average molecular weight is 245 g/mol. The van der Waals surface area contributed by atoms with Crippen molar-refractivity contribution in [2.24, 2.45) is 20.9 Å². The number of hydrogen-bond donors (Lipinski definition) is 2. The first kappa shape index (κ1) is 12.3. The van der Waals surface area contributed by atoms with Crippen molar-refractivity contribution in [1.29, 1.82) is 0 Å². The highest BCUT2D eigenvalue weighted by Gasteiger charge is 2.18. The molecule has 0 atom stereocenters. The lowest BCUT2D eigenvalue weighted by Crippen LogP contribution is -2.28. The van der Waals surface area contributed by atoms with Gasteiger partial charge in [0.05, 0.1) is 12.3 Å². The van der Waals surface area contributed by atoms with E-state index in [-0.39, 0.29) is 12.4 Å². The Morgan fingerprint density at radius 1 is 1.22 bits per heavy atom. The molecule has 1 aliphatic heterocycles. The average Bonchev–Trinajstić information content (AvgIpc) is 2.71. The highest BCUT2D eigenvalue weighted by atomic mass is 16.3. The van der Waals surface area contributed by atoms with Crippen molar-refractivity contribution in [2.45, 2.75) is 0 Å². The number of nitrogens with two attached hydrogens (primary N) is 1. The Balaban J connectivity index is 2.28. The van der Waals surface area contributed by atoms with Crippen molar-refractivity contribution in [3.05, 3.63) is 24.3 Å². The van der Waals surface area contributed by atoms with Gasteiger partial charge in [-0.25, -0.2) is 4.99 Å². The first-order valence-electron chi connectivity index (χ1n) is 5.49. The van der Waals surface area contributed by atoms with E-state index in [9.17, 15) is 0 Å². The molecule has 0 aliphatic carbocycles. The maximum Gasteiger partial charge on any atom is 0.174 e. The summed E-state index contributed by atoms with van der Waals surface area (Å²) in [6.07, 6.45) is 0. The molecule has 1 aromatic rings. The molecule has 0 saturated carbocycles. The quantitative estimate of drug-likeness (QED) is 0.815. The fourth-order valence-electron chi connectivity index (χ4n) is 1.54. The molecule has 6 heteroatoms. The third-order valence-corrected chi connectivity index (χ3v) is 2.55. The molecule has 94 valence electrons. The lowest BCUT2D eigenvalue weighted by molar-refractivity contribution is 0.359. The van der Waals surface area contributed by atoms with Crippen LogP contribution in [0.2, 0.25) is 0 Å². The van der Waals surface area contributed by atoms with Gasteiger partial charge in [0.2, 0.25) is 0 Å². The number of aliphatic hydroxyl groups is 1. The standard InChI is InChI=1S/C12H15N5O/c1-17(2)9-5-3-8(4-6-9)14-11-10(7-18)15-16-12(11)13/h3-6,18H,7H2,1-2H3,(H2,13,14,16). The molecule has 0 radical (unpaired) electrons. The maximum absolute atomic E-state index is 9.10. The lowest BCUT2D eigenvalue weighted by Gasteiger charge is -2.11. The zero-order valence-electron chi connectivity index (χ0n) is 10.3. The number of nitrogens with zero attached hydrogens (tertiary/aromatic N) is 4. The van der Waals surface area contributed by atoms with Crippen molar-refractivity contribution in [1.82, 2.24) is 0 Å². The number of hydrogen-bond acceptors (Lipinski definition) is 6. The van der Waals surface area contributed by atoms with E-state index in [1.807, 2.05) is 43.3 Å². The third-order valence-electron chi connectivity index (χ3n) is 2.55. The lowest BCUT2D eigenvalue weighted by atomic mass is 10.2. The summed E-state index contributed by atoms with van der Waals surface area (Å²) in [5.74, 6) is 0.232. The van der Waals surface area contributed by atoms with Crippen molar-refractivity contribution in [3.8, 4) is 0 Å². The predicted octanol–water partition coefficient (Wildman–Crippen LogP) is 0.544. The molecule has 1 aliphatic rings. The monoisotopic (exact) mass is 245 g/mol. The van der Waals surface area contributed by atoms with Crippen LogP contribution in [-0.4, -0.2) is 43.1 Å². The largest absolute Gasteiger partial charge is 0.390 e. The van der Waals surface area contributed by atoms with Gasteiger partial charge in [0, 0.05) is 19.8 Å². The van der Waals surface area contributed by atoms with Gasteiger partial charge in [-0.05, 0) is 24.3 Å². The van der Waals surface area contributed by atoms with Crippen LogP contribution in [0, 0.1) is 0 Å². The second-order valence-electron chi connectivity index (χ2n) is 4.06. The predicted molar refractivity (Wildman–Crippen MR) is 74.0 cm³/mol. The molecule has 0 spiro atoms. The molecule has 3 N–H and O–H groups in total. The highest BCUT2D eigenvalue weighted by molar-refractivity contribution is 6.70. The smallest absolute Gasteiger partial charge is 0.174 e. The first-order chi connectivity index (χ1) is 8.61. The molecule has 6 nitrogen and oxygen atoms in total. The highest BCUT2D eigenvalue weighted by Crippen LogP contribution is 2.19. The van der Waals surface area contributed by atoms with Crippen molar-refractivity contribution in [2.75, 3.05) is 25.6 Å². The number of benzene rings is 1. The van der Waals surface area contributed by atoms with E-state index < -0.39 is 0 Å². The van der Waals surface area contributed by atoms with Crippen LogP contribution < -0.4 is 10.6 Å². The third kappa shape index (κ3) is 2.38. The van der Waals surface area contributed by atoms with E-state index in [4.69, 9.17) is 10.8 Å². The Labute approximate surface area is 105 Å². The van der Waals surface area contributed by atoms with Crippen LogP contribution >= 0.6 is 0 Å². The SMILES string of the molecule is CN(C)c1ccc(N=C2C(N)=NN=C2CO)cc1. The van der Waals surface area contributed by atoms with Gasteiger partial charge in [0.1, 0.15) is 11.4 Å². The zero-order chi connectivity index (χ0) is 13.1. The fraction of sp³-hybridized carbons (Fsp3) is 0.250. The van der Waals surface area contributed by atoms with Gasteiger partial charge in [-0.1, -0.05) is 0 Å². The Hall–Kier alpha value is -2.21. The molecule has 18 heavy (non-hydrogen) atoms. The summed E-state index contributed by atoms with van der Waals surface area (Å²) in [6, 6.07) is 7.67. The normalized spacial score (nSPS) is 16.7. The van der Waals surface area contributed by atoms with Crippen LogP contribution in [0.3, 0.4) is 0 Å². The topological polar surface area (TPSA) is 86.6 Å². The molecule has 0 aromatic heterocycles. The van der Waals surface area contributed by atoms with Gasteiger partial charge in [0.15, 0.2) is 5.84 Å². The van der Waals surface area contributed by atoms with E-state index in [2.05, 4.69) is 15.2 Å². The Bertz CT molecular complexity index is 528. The number of anilines is 1. The number of rotatable bonds is 3. The van der Waals surface area contributed by atoms with E-state index >= 15 is 0 Å². The van der Waals surface area contributed by atoms with Crippen LogP contribution in [0.15, 0.2) is 39.5 Å². The van der Waals surface area contributed by atoms with Crippen molar-refractivity contribution >= 4 is 28.6 Å². The molecule has 0 amide bonds. The molecule has 1 heterocycles. The molecule has 0 bridgehead atoms. The van der Waals surface area contributed by atoms with E-state index in [1.165, 1.54) is 0 Å². The second-order valence-corrected chi connectivity index (χ2v) is 4.06. The Kier molecular flexibility index (Phi) is 3.38. The minimum absolute atomic E-state index is 0.223. The van der Waals surface area contributed by atoms with E-state index in [1.54, 1.807) is 0 Å². The minimum Gasteiger partial charge on any atom is -0.390 e. The van der Waals surface area contributed by atoms with Gasteiger partial charge >= 0.3 is 0 Å². The minimum atomic E-state index is -0.223. The van der Waals surface area contributed by atoms with Crippen LogP contribution in [0.1, 0.15) is 0 Å². The number of aliphatic hydroxyl groups excluding tert-OH is 1. The Morgan fingerprint density at radius 2 is 1.89 bits per heavy atom. The van der Waals surface area contributed by atoms with Crippen molar-refractivity contribution < 1.29 is 5.11 Å². The number of amidine groups is 1. The van der Waals surface area contributed by atoms with Gasteiger partial charge in [-0.15, -0.1) is 10.2 Å². The van der Waals surface area contributed by atoms with Gasteiger partial charge in [-0.2, -0.15) is 0 Å². The summed E-state index contributed by atoms with van der Waals surface area (Å²) in [6.45, 7) is -0.223. The van der Waals surface area contributed by atoms with E-state index in [0.29, 0.717) is 11.4 Å². The summed E-state index contributed by atoms with van der Waals surface area (Å²) in [5, 5.41) is 16.5. The maximum atomic E-state index is 9.10. The van der Waals surface area contributed by atoms with Crippen LogP contribution in [0.4, 0.5) is 11.4 Å². The van der Waals surface area contributed by atoms with E-state index in [0.717, 1.165) is 11.4 Å². The van der Waals surface area contributed by atoms with Crippen LogP contribution in [0.5, 0.6) is 0 Å². The Morgan fingerprint density at radius 3 is 2.44 bits per heavy atom. The molecule has 0 saturated heterocycles. The summed E-state index contributed by atoms with van der Waals surface area (Å²) in [7, 11) is 3.94. The molecule has 0 fully saturated rings. The molecule has 0 unspecified atom stereocenters. The molecule has 1 aromatic carbocycles. The fourth-order valence-corrected chi connectivity index (χ4v) is 1.54. The van der Waals surface area contributed by atoms with Crippen molar-refractivity contribution in [3.63, 3.8) is 0 Å². The summed E-state index contributed by atoms with van der Waals surface area (Å²) in [4.78, 5) is 6.35. The zero-order valence-corrected chi connectivity index (χ0v) is 10.3. The van der Waals surface area contributed by atoms with Gasteiger partial charge in [0.25, 0.3) is 0 Å². The summed E-state index contributed by atoms with van der Waals surface area (Å²) in [5.41, 5.74) is 8.32.